The van der Waals surface area contributed by atoms with Crippen molar-refractivity contribution >= 4 is 5.97 Å². The van der Waals surface area contributed by atoms with Gasteiger partial charge < -0.3 is 4.74 Å². The van der Waals surface area contributed by atoms with E-state index in [1.807, 2.05) is 6.92 Å². The van der Waals surface area contributed by atoms with Crippen molar-refractivity contribution in [1.82, 2.24) is 0 Å². The van der Waals surface area contributed by atoms with Crippen LogP contribution < -0.4 is 0 Å². The Bertz CT molecular complexity index is 648. The number of esters is 1. The van der Waals surface area contributed by atoms with Crippen molar-refractivity contribution in [3.63, 3.8) is 0 Å². The van der Waals surface area contributed by atoms with E-state index < -0.39 is 0 Å². The smallest absolute Gasteiger partial charge is 0.333 e. The van der Waals surface area contributed by atoms with Crippen LogP contribution in [0.5, 0.6) is 0 Å². The van der Waals surface area contributed by atoms with Crippen LogP contribution in [0, 0.1) is 52.8 Å². The van der Waals surface area contributed by atoms with Gasteiger partial charge in [0.05, 0.1) is 0 Å². The van der Waals surface area contributed by atoms with Crippen molar-refractivity contribution in [2.45, 2.75) is 83.7 Å². The van der Waals surface area contributed by atoms with E-state index in [0.717, 1.165) is 54.3 Å². The molecule has 0 aromatic rings. The summed E-state index contributed by atoms with van der Waals surface area (Å²) < 4.78 is 6.51. The third-order valence-corrected chi connectivity index (χ3v) is 10.5. The SMILES string of the molecule is C=C(C)C(=O)OC12CC3CC(CC(C3)C1C1(C)C3CC4CC(C3)CC1C4)C2. The standard InChI is InChI=1S/C25H36O2/c1-14(2)23(26)27-25-12-17-5-18(13-25)7-19(6-17)22(25)24(3)20-8-15-4-16(10-20)11-21(24)9-15/h15-22H,1,4-13H2,2-3H3. The van der Waals surface area contributed by atoms with Gasteiger partial charge in [-0.1, -0.05) is 13.5 Å². The molecule has 0 spiro atoms. The minimum atomic E-state index is -0.172. The maximum absolute atomic E-state index is 12.7. The van der Waals surface area contributed by atoms with Crippen LogP contribution >= 0.6 is 0 Å². The van der Waals surface area contributed by atoms with Crippen LogP contribution in [0.15, 0.2) is 12.2 Å². The Kier molecular flexibility index (Phi) is 3.43. The van der Waals surface area contributed by atoms with Gasteiger partial charge >= 0.3 is 5.97 Å². The highest BCUT2D eigenvalue weighted by atomic mass is 16.6. The van der Waals surface area contributed by atoms with E-state index in [1.165, 1.54) is 51.4 Å². The lowest BCUT2D eigenvalue weighted by Gasteiger charge is -2.71. The molecule has 8 aliphatic carbocycles. The van der Waals surface area contributed by atoms with Crippen molar-refractivity contribution in [1.29, 1.82) is 0 Å². The molecule has 0 heterocycles. The van der Waals surface area contributed by atoms with Crippen molar-refractivity contribution in [3.8, 4) is 0 Å². The fourth-order valence-electron chi connectivity index (χ4n) is 10.2. The van der Waals surface area contributed by atoms with Gasteiger partial charge in [0.15, 0.2) is 0 Å². The first-order valence-electron chi connectivity index (χ1n) is 11.8. The summed E-state index contributed by atoms with van der Waals surface area (Å²) >= 11 is 0. The fourth-order valence-corrected chi connectivity index (χ4v) is 10.2. The molecule has 2 nitrogen and oxygen atoms in total. The number of carbonyl (C=O) groups is 1. The second kappa shape index (κ2) is 5.42. The molecule has 0 aliphatic heterocycles. The molecule has 148 valence electrons. The van der Waals surface area contributed by atoms with Gasteiger partial charge in [0, 0.05) is 11.5 Å². The van der Waals surface area contributed by atoms with Crippen LogP contribution in [-0.2, 0) is 9.53 Å². The molecule has 0 aromatic heterocycles. The molecule has 8 saturated carbocycles. The van der Waals surface area contributed by atoms with Gasteiger partial charge in [-0.25, -0.2) is 4.79 Å². The molecule has 8 fully saturated rings. The highest BCUT2D eigenvalue weighted by Gasteiger charge is 2.69. The number of hydrogen-bond donors (Lipinski definition) is 0. The van der Waals surface area contributed by atoms with Gasteiger partial charge in [-0.15, -0.1) is 0 Å². The number of carbonyl (C=O) groups excluding carboxylic acids is 1. The van der Waals surface area contributed by atoms with Gasteiger partial charge in [-0.2, -0.15) is 0 Å². The second-order valence-corrected chi connectivity index (χ2v) is 12.0. The summed E-state index contributed by atoms with van der Waals surface area (Å²) in [5.41, 5.74) is 0.815. The van der Waals surface area contributed by atoms with E-state index >= 15 is 0 Å². The van der Waals surface area contributed by atoms with Crippen molar-refractivity contribution in [2.24, 2.45) is 52.8 Å². The van der Waals surface area contributed by atoms with E-state index in [2.05, 4.69) is 13.5 Å². The first-order chi connectivity index (χ1) is 12.9. The summed E-state index contributed by atoms with van der Waals surface area (Å²) in [5.74, 6) is 6.68. The van der Waals surface area contributed by atoms with Gasteiger partial charge in [0.1, 0.15) is 5.60 Å². The normalized spacial score (nSPS) is 57.1. The van der Waals surface area contributed by atoms with Crippen LogP contribution in [0.25, 0.3) is 0 Å². The molecule has 0 saturated heterocycles. The molecule has 3 unspecified atom stereocenters. The highest BCUT2D eigenvalue weighted by Crippen LogP contribution is 2.72. The Hall–Kier alpha value is -0.790. The second-order valence-electron chi connectivity index (χ2n) is 12.0. The molecule has 0 N–H and O–H groups in total. The predicted octanol–water partition coefficient (Wildman–Crippen LogP) is 5.76. The molecular formula is C25H36O2. The lowest BCUT2D eigenvalue weighted by atomic mass is 9.35. The van der Waals surface area contributed by atoms with E-state index in [9.17, 15) is 4.79 Å². The lowest BCUT2D eigenvalue weighted by molar-refractivity contribution is -0.262. The first-order valence-corrected chi connectivity index (χ1v) is 11.8. The van der Waals surface area contributed by atoms with Crippen LogP contribution in [0.3, 0.4) is 0 Å². The zero-order valence-electron chi connectivity index (χ0n) is 17.2. The van der Waals surface area contributed by atoms with E-state index in [1.54, 1.807) is 0 Å². The largest absolute Gasteiger partial charge is 0.455 e. The Morgan fingerprint density at radius 3 is 1.89 bits per heavy atom. The topological polar surface area (TPSA) is 26.3 Å². The third-order valence-electron chi connectivity index (χ3n) is 10.5. The van der Waals surface area contributed by atoms with Crippen LogP contribution in [0.4, 0.5) is 0 Å². The Morgan fingerprint density at radius 1 is 0.852 bits per heavy atom. The summed E-state index contributed by atoms with van der Waals surface area (Å²) in [7, 11) is 0. The Labute approximate surface area is 164 Å². The van der Waals surface area contributed by atoms with Crippen LogP contribution in [0.2, 0.25) is 0 Å². The van der Waals surface area contributed by atoms with Gasteiger partial charge in [-0.05, 0) is 118 Å². The Balaban J connectivity index is 1.42. The minimum absolute atomic E-state index is 0.116. The average molecular weight is 369 g/mol. The van der Waals surface area contributed by atoms with E-state index in [-0.39, 0.29) is 11.6 Å². The van der Waals surface area contributed by atoms with Crippen molar-refractivity contribution in [3.05, 3.63) is 12.2 Å². The summed E-state index contributed by atoms with van der Waals surface area (Å²) in [6.07, 6.45) is 13.9. The molecule has 27 heavy (non-hydrogen) atoms. The third kappa shape index (κ3) is 2.22. The van der Waals surface area contributed by atoms with Crippen molar-refractivity contribution < 1.29 is 9.53 Å². The van der Waals surface area contributed by atoms with Gasteiger partial charge in [-0.3, -0.25) is 0 Å². The number of hydrogen-bond acceptors (Lipinski definition) is 2. The zero-order valence-corrected chi connectivity index (χ0v) is 17.2. The van der Waals surface area contributed by atoms with Crippen molar-refractivity contribution in [2.75, 3.05) is 0 Å². The number of fused-ring (bicyclic) bond motifs is 1. The number of ether oxygens (including phenoxy) is 1. The average Bonchev–Trinajstić information content (AvgIpc) is 2.57. The predicted molar refractivity (Wildman–Crippen MR) is 106 cm³/mol. The Morgan fingerprint density at radius 2 is 1.37 bits per heavy atom. The van der Waals surface area contributed by atoms with Crippen LogP contribution in [-0.4, -0.2) is 11.6 Å². The monoisotopic (exact) mass is 368 g/mol. The first kappa shape index (κ1) is 17.1. The summed E-state index contributed by atoms with van der Waals surface area (Å²) in [6, 6.07) is 0. The van der Waals surface area contributed by atoms with E-state index in [4.69, 9.17) is 4.74 Å². The molecule has 3 atom stereocenters. The molecule has 0 aromatic carbocycles. The molecule has 2 heteroatoms. The van der Waals surface area contributed by atoms with Gasteiger partial charge in [0.25, 0.3) is 0 Å². The maximum atomic E-state index is 12.7. The summed E-state index contributed by atoms with van der Waals surface area (Å²) in [4.78, 5) is 12.7. The lowest BCUT2D eigenvalue weighted by Crippen LogP contribution is -2.68. The highest BCUT2D eigenvalue weighted by molar-refractivity contribution is 5.87. The number of rotatable bonds is 3. The zero-order chi connectivity index (χ0) is 18.6. The molecular weight excluding hydrogens is 332 g/mol. The maximum Gasteiger partial charge on any atom is 0.333 e. The molecule has 8 bridgehead atoms. The molecule has 8 aliphatic rings. The molecule has 0 radical (unpaired) electrons. The molecule has 8 rings (SSSR count). The summed E-state index contributed by atoms with van der Waals surface area (Å²) in [6.45, 7) is 8.38. The summed E-state index contributed by atoms with van der Waals surface area (Å²) in [5, 5.41) is 0. The van der Waals surface area contributed by atoms with Crippen LogP contribution in [0.1, 0.15) is 78.1 Å². The molecule has 0 amide bonds. The minimum Gasteiger partial charge on any atom is -0.455 e. The van der Waals surface area contributed by atoms with E-state index in [0.29, 0.717) is 16.9 Å². The quantitative estimate of drug-likeness (QED) is 0.467. The van der Waals surface area contributed by atoms with Gasteiger partial charge in [0.2, 0.25) is 0 Å². The fraction of sp³-hybridized carbons (Fsp3) is 0.880.